The van der Waals surface area contributed by atoms with E-state index in [2.05, 4.69) is 0 Å². The Balaban J connectivity index is 2.99. The second kappa shape index (κ2) is 4.40. The first-order valence-corrected chi connectivity index (χ1v) is 4.66. The zero-order valence-corrected chi connectivity index (χ0v) is 8.37. The number of hydrogen-bond acceptors (Lipinski definition) is 1. The number of benzene rings is 1. The second-order valence-electron chi connectivity index (χ2n) is 3.77. The molecule has 14 heavy (non-hydrogen) atoms. The summed E-state index contributed by atoms with van der Waals surface area (Å²) in [5, 5.41) is 0. The zero-order chi connectivity index (χ0) is 10.7. The van der Waals surface area contributed by atoms with E-state index in [9.17, 15) is 8.78 Å². The van der Waals surface area contributed by atoms with Crippen LogP contribution in [0.1, 0.15) is 25.3 Å². The Hall–Kier alpha value is -1.12. The molecule has 1 aromatic carbocycles. The number of alkyl halides is 2. The molecule has 0 radical (unpaired) electrons. The maximum Gasteiger partial charge on any atom is 0.245 e. The predicted octanol–water partition coefficient (Wildman–Crippen LogP) is 3.27. The molecular weight excluding hydrogens is 184 g/mol. The molecule has 0 fully saturated rings. The maximum absolute atomic E-state index is 12.7. The van der Waals surface area contributed by atoms with Crippen LogP contribution in [0.15, 0.2) is 24.3 Å². The Bertz CT molecular complexity index is 289. The van der Waals surface area contributed by atoms with E-state index in [1.165, 1.54) is 0 Å². The van der Waals surface area contributed by atoms with E-state index in [0.717, 1.165) is 0 Å². The highest BCUT2D eigenvalue weighted by molar-refractivity contribution is 5.42. The molecule has 0 aliphatic rings. The van der Waals surface area contributed by atoms with Gasteiger partial charge in [-0.25, -0.2) is 8.78 Å². The molecule has 0 amide bonds. The van der Waals surface area contributed by atoms with Crippen molar-refractivity contribution in [3.63, 3.8) is 0 Å². The van der Waals surface area contributed by atoms with Crippen molar-refractivity contribution in [3.05, 3.63) is 29.8 Å². The van der Waals surface area contributed by atoms with E-state index < -0.39 is 12.3 Å². The Morgan fingerprint density at radius 2 is 1.86 bits per heavy atom. The number of hydrogen-bond donors (Lipinski definition) is 1. The molecule has 1 unspecified atom stereocenters. The van der Waals surface area contributed by atoms with Crippen LogP contribution in [0.2, 0.25) is 0 Å². The van der Waals surface area contributed by atoms with Crippen molar-refractivity contribution >= 4 is 5.69 Å². The van der Waals surface area contributed by atoms with Crippen LogP contribution in [0, 0.1) is 5.92 Å². The van der Waals surface area contributed by atoms with Crippen molar-refractivity contribution in [2.45, 2.75) is 26.2 Å². The quantitative estimate of drug-likeness (QED) is 0.743. The number of nitrogens with two attached hydrogens (primary N) is 1. The van der Waals surface area contributed by atoms with Crippen molar-refractivity contribution in [2.75, 3.05) is 5.73 Å². The smallest absolute Gasteiger partial charge is 0.245 e. The van der Waals surface area contributed by atoms with Crippen molar-refractivity contribution in [1.82, 2.24) is 0 Å². The van der Waals surface area contributed by atoms with Crippen LogP contribution in [0.3, 0.4) is 0 Å². The highest BCUT2D eigenvalue weighted by Crippen LogP contribution is 2.31. The molecule has 0 aliphatic carbocycles. The van der Waals surface area contributed by atoms with E-state index in [1.54, 1.807) is 38.1 Å². The van der Waals surface area contributed by atoms with E-state index >= 15 is 0 Å². The van der Waals surface area contributed by atoms with Gasteiger partial charge in [-0.3, -0.25) is 0 Å². The highest BCUT2D eigenvalue weighted by Gasteiger charge is 2.25. The van der Waals surface area contributed by atoms with E-state index in [0.29, 0.717) is 11.3 Å². The normalized spacial score (nSPS) is 13.6. The third-order valence-electron chi connectivity index (χ3n) is 2.29. The fraction of sp³-hybridized carbons (Fsp3) is 0.455. The Morgan fingerprint density at radius 3 is 2.29 bits per heavy atom. The molecule has 2 N–H and O–H groups in total. The molecule has 0 aliphatic heterocycles. The molecule has 0 bridgehead atoms. The first-order valence-electron chi connectivity index (χ1n) is 4.66. The number of anilines is 1. The van der Waals surface area contributed by atoms with Crippen LogP contribution in [0.4, 0.5) is 14.5 Å². The van der Waals surface area contributed by atoms with Gasteiger partial charge < -0.3 is 5.73 Å². The molecule has 0 spiro atoms. The monoisotopic (exact) mass is 199 g/mol. The molecule has 1 atom stereocenters. The highest BCUT2D eigenvalue weighted by atomic mass is 19.3. The van der Waals surface area contributed by atoms with Gasteiger partial charge in [0.25, 0.3) is 0 Å². The fourth-order valence-corrected chi connectivity index (χ4v) is 1.59. The summed E-state index contributed by atoms with van der Waals surface area (Å²) in [4.78, 5) is 0. The van der Waals surface area contributed by atoms with E-state index in [1.807, 2.05) is 0 Å². The van der Waals surface area contributed by atoms with Gasteiger partial charge in [-0.05, 0) is 23.6 Å². The number of halogens is 2. The Labute approximate surface area is 82.9 Å². The average Bonchev–Trinajstić information content (AvgIpc) is 2.02. The lowest BCUT2D eigenvalue weighted by Crippen LogP contribution is -2.15. The summed E-state index contributed by atoms with van der Waals surface area (Å²) < 4.78 is 25.5. The summed E-state index contributed by atoms with van der Waals surface area (Å²) >= 11 is 0. The summed E-state index contributed by atoms with van der Waals surface area (Å²) in [5.74, 6) is -0.810. The van der Waals surface area contributed by atoms with Crippen LogP contribution in [0.5, 0.6) is 0 Å². The van der Waals surface area contributed by atoms with Gasteiger partial charge in [0.15, 0.2) is 0 Å². The summed E-state index contributed by atoms with van der Waals surface area (Å²) in [7, 11) is 0. The lowest BCUT2D eigenvalue weighted by Gasteiger charge is -2.20. The minimum absolute atomic E-state index is 0.0863. The molecule has 0 heterocycles. The summed E-state index contributed by atoms with van der Waals surface area (Å²) in [5.41, 5.74) is 6.71. The molecule has 0 aromatic heterocycles. The third-order valence-corrected chi connectivity index (χ3v) is 2.29. The third kappa shape index (κ3) is 2.44. The first kappa shape index (κ1) is 11.0. The van der Waals surface area contributed by atoms with Crippen LogP contribution >= 0.6 is 0 Å². The van der Waals surface area contributed by atoms with Gasteiger partial charge >= 0.3 is 0 Å². The van der Waals surface area contributed by atoms with Crippen molar-refractivity contribution in [1.29, 1.82) is 0 Å². The van der Waals surface area contributed by atoms with Gasteiger partial charge in [0.05, 0.1) is 0 Å². The Kier molecular flexibility index (Phi) is 3.44. The fourth-order valence-electron chi connectivity index (χ4n) is 1.59. The summed E-state index contributed by atoms with van der Waals surface area (Å²) in [6.45, 7) is 3.58. The lowest BCUT2D eigenvalue weighted by atomic mass is 9.89. The van der Waals surface area contributed by atoms with Crippen molar-refractivity contribution in [3.8, 4) is 0 Å². The molecular formula is C11H15F2N. The summed E-state index contributed by atoms with van der Waals surface area (Å²) in [6.07, 6.45) is -2.34. The first-order chi connectivity index (χ1) is 6.52. The maximum atomic E-state index is 12.7. The van der Waals surface area contributed by atoms with Gasteiger partial charge in [0, 0.05) is 11.6 Å². The predicted molar refractivity (Wildman–Crippen MR) is 54.4 cm³/mol. The number of nitrogen functional groups attached to an aromatic ring is 1. The van der Waals surface area contributed by atoms with Crippen LogP contribution in [-0.4, -0.2) is 6.43 Å². The molecule has 1 nitrogen and oxygen atoms in total. The van der Waals surface area contributed by atoms with Crippen LogP contribution in [0.25, 0.3) is 0 Å². The molecule has 3 heteroatoms. The van der Waals surface area contributed by atoms with Crippen LogP contribution < -0.4 is 5.73 Å². The minimum Gasteiger partial charge on any atom is -0.399 e. The Morgan fingerprint density at radius 1 is 1.21 bits per heavy atom. The van der Waals surface area contributed by atoms with Gasteiger partial charge in [0.2, 0.25) is 6.43 Å². The largest absolute Gasteiger partial charge is 0.399 e. The van der Waals surface area contributed by atoms with Crippen LogP contribution in [-0.2, 0) is 0 Å². The van der Waals surface area contributed by atoms with Gasteiger partial charge in [-0.2, -0.15) is 0 Å². The molecule has 1 aromatic rings. The molecule has 1 rings (SSSR count). The molecule has 0 saturated heterocycles. The standard InChI is InChI=1S/C11H15F2N/c1-7(2)10(11(12)13)8-4-3-5-9(14)6-8/h3-7,10-11H,14H2,1-2H3. The lowest BCUT2D eigenvalue weighted by molar-refractivity contribution is 0.0935. The van der Waals surface area contributed by atoms with Gasteiger partial charge in [-0.1, -0.05) is 26.0 Å². The van der Waals surface area contributed by atoms with E-state index in [4.69, 9.17) is 5.73 Å². The topological polar surface area (TPSA) is 26.0 Å². The van der Waals surface area contributed by atoms with Gasteiger partial charge in [-0.15, -0.1) is 0 Å². The number of rotatable bonds is 3. The summed E-state index contributed by atoms with van der Waals surface area (Å²) in [6, 6.07) is 6.73. The minimum atomic E-state index is -2.34. The second-order valence-corrected chi connectivity index (χ2v) is 3.77. The van der Waals surface area contributed by atoms with E-state index in [-0.39, 0.29) is 5.92 Å². The molecule has 78 valence electrons. The van der Waals surface area contributed by atoms with Gasteiger partial charge in [0.1, 0.15) is 0 Å². The van der Waals surface area contributed by atoms with Crippen molar-refractivity contribution in [2.24, 2.45) is 5.92 Å². The zero-order valence-electron chi connectivity index (χ0n) is 8.37. The SMILES string of the molecule is CC(C)C(c1cccc(N)c1)C(F)F. The average molecular weight is 199 g/mol. The molecule has 0 saturated carbocycles. The van der Waals surface area contributed by atoms with Crippen molar-refractivity contribution < 1.29 is 8.78 Å².